The van der Waals surface area contributed by atoms with E-state index in [-0.39, 0.29) is 12.1 Å². The van der Waals surface area contributed by atoms with Gasteiger partial charge in [0, 0.05) is 52.7 Å². The Hall–Kier alpha value is -3.06. The molecule has 28 heavy (non-hydrogen) atoms. The molecule has 0 aliphatic carbocycles. The Morgan fingerprint density at radius 1 is 0.679 bits per heavy atom. The van der Waals surface area contributed by atoms with Crippen LogP contribution >= 0.6 is 0 Å². The number of hydrogen-bond acceptors (Lipinski definition) is 6. The van der Waals surface area contributed by atoms with E-state index in [0.717, 1.165) is 22.5 Å². The van der Waals surface area contributed by atoms with Gasteiger partial charge < -0.3 is 9.80 Å². The summed E-state index contributed by atoms with van der Waals surface area (Å²) in [6.45, 7) is 1.17. The van der Waals surface area contributed by atoms with Gasteiger partial charge in [-0.05, 0) is 35.4 Å². The predicted molar refractivity (Wildman–Crippen MR) is 114 cm³/mol. The molecule has 0 aliphatic heterocycles. The van der Waals surface area contributed by atoms with Crippen molar-refractivity contribution in [2.24, 2.45) is 0 Å². The highest BCUT2D eigenvalue weighted by atomic mass is 15.1. The molecule has 0 fully saturated rings. The van der Waals surface area contributed by atoms with E-state index in [2.05, 4.69) is 22.8 Å². The molecule has 0 saturated carbocycles. The zero-order chi connectivity index (χ0) is 20.5. The molecule has 0 radical (unpaired) electrons. The minimum atomic E-state index is -0.377. The van der Waals surface area contributed by atoms with Crippen molar-refractivity contribution in [3.8, 4) is 12.1 Å². The van der Waals surface area contributed by atoms with Crippen LogP contribution in [0.3, 0.4) is 0 Å². The van der Waals surface area contributed by atoms with Gasteiger partial charge in [0.2, 0.25) is 0 Å². The van der Waals surface area contributed by atoms with E-state index in [0.29, 0.717) is 13.1 Å². The molecule has 2 aromatic carbocycles. The number of benzene rings is 2. The van der Waals surface area contributed by atoms with Crippen LogP contribution < -0.4 is 20.4 Å². The highest BCUT2D eigenvalue weighted by molar-refractivity contribution is 5.48. The van der Waals surface area contributed by atoms with E-state index >= 15 is 0 Å². The molecule has 2 N–H and O–H groups in total. The summed E-state index contributed by atoms with van der Waals surface area (Å²) < 4.78 is 0. The Bertz CT molecular complexity index is 741. The Kier molecular flexibility index (Phi) is 7.83. The number of nitriles is 2. The van der Waals surface area contributed by atoms with E-state index < -0.39 is 0 Å². The lowest BCUT2D eigenvalue weighted by Gasteiger charge is -2.17. The summed E-state index contributed by atoms with van der Waals surface area (Å²) in [6, 6.07) is 19.7. The monoisotopic (exact) mass is 376 g/mol. The first-order valence-corrected chi connectivity index (χ1v) is 9.27. The lowest BCUT2D eigenvalue weighted by molar-refractivity contribution is 0.558. The second-order valence-corrected chi connectivity index (χ2v) is 7.00. The summed E-state index contributed by atoms with van der Waals surface area (Å²) in [5, 5.41) is 25.4. The van der Waals surface area contributed by atoms with Gasteiger partial charge in [0.15, 0.2) is 0 Å². The molecule has 0 aromatic heterocycles. The maximum atomic E-state index is 9.46. The van der Waals surface area contributed by atoms with Crippen LogP contribution in [-0.2, 0) is 0 Å². The fraction of sp³-hybridized carbons (Fsp3) is 0.364. The van der Waals surface area contributed by atoms with Crippen LogP contribution in [0.5, 0.6) is 0 Å². The van der Waals surface area contributed by atoms with E-state index in [1.807, 2.05) is 86.5 Å². The fourth-order valence-electron chi connectivity index (χ4n) is 2.84. The van der Waals surface area contributed by atoms with Gasteiger partial charge in [0.05, 0.1) is 12.1 Å². The number of nitrogens with one attached hydrogen (secondary N) is 2. The molecule has 0 unspecified atom stereocenters. The second kappa shape index (κ2) is 10.3. The second-order valence-electron chi connectivity index (χ2n) is 7.00. The van der Waals surface area contributed by atoms with Gasteiger partial charge in [-0.2, -0.15) is 10.5 Å². The lowest BCUT2D eigenvalue weighted by atomic mass is 10.1. The molecule has 6 nitrogen and oxygen atoms in total. The predicted octanol–water partition coefficient (Wildman–Crippen LogP) is 2.83. The van der Waals surface area contributed by atoms with Gasteiger partial charge in [-0.3, -0.25) is 10.6 Å². The molecule has 0 heterocycles. The number of anilines is 2. The van der Waals surface area contributed by atoms with Gasteiger partial charge >= 0.3 is 0 Å². The lowest BCUT2D eigenvalue weighted by Crippen LogP contribution is -2.31. The van der Waals surface area contributed by atoms with Crippen LogP contribution in [0, 0.1) is 22.7 Å². The Morgan fingerprint density at radius 3 is 1.25 bits per heavy atom. The van der Waals surface area contributed by atoms with Crippen LogP contribution in [-0.4, -0.2) is 41.3 Å². The van der Waals surface area contributed by atoms with Gasteiger partial charge in [0.1, 0.15) is 12.1 Å². The van der Waals surface area contributed by atoms with Crippen LogP contribution in [0.1, 0.15) is 23.2 Å². The molecular weight excluding hydrogens is 348 g/mol. The number of nitrogens with zero attached hydrogens (tertiary/aromatic N) is 4. The number of hydrogen-bond donors (Lipinski definition) is 2. The summed E-state index contributed by atoms with van der Waals surface area (Å²) in [6.07, 6.45) is 0. The van der Waals surface area contributed by atoms with Crippen LogP contribution in [0.25, 0.3) is 0 Å². The molecule has 0 bridgehead atoms. The molecule has 2 rings (SSSR count). The van der Waals surface area contributed by atoms with Crippen LogP contribution in [0.4, 0.5) is 11.4 Å². The highest BCUT2D eigenvalue weighted by Crippen LogP contribution is 2.18. The van der Waals surface area contributed by atoms with Crippen LogP contribution in [0.2, 0.25) is 0 Å². The fourth-order valence-corrected chi connectivity index (χ4v) is 2.84. The normalized spacial score (nSPS) is 12.5. The molecule has 0 spiro atoms. The minimum absolute atomic E-state index is 0.377. The molecule has 146 valence electrons. The third-order valence-corrected chi connectivity index (χ3v) is 4.57. The van der Waals surface area contributed by atoms with Crippen molar-refractivity contribution >= 4 is 11.4 Å². The largest absolute Gasteiger partial charge is 0.378 e. The van der Waals surface area contributed by atoms with E-state index in [4.69, 9.17) is 0 Å². The molecule has 0 amide bonds. The van der Waals surface area contributed by atoms with Crippen molar-refractivity contribution < 1.29 is 0 Å². The van der Waals surface area contributed by atoms with Crippen molar-refractivity contribution in [3.05, 3.63) is 59.7 Å². The molecule has 6 heteroatoms. The van der Waals surface area contributed by atoms with E-state index in [1.165, 1.54) is 0 Å². The Morgan fingerprint density at radius 2 is 1.00 bits per heavy atom. The summed E-state index contributed by atoms with van der Waals surface area (Å²) in [4.78, 5) is 4.05. The minimum Gasteiger partial charge on any atom is -0.378 e. The smallest absolute Gasteiger partial charge is 0.121 e. The first-order valence-electron chi connectivity index (χ1n) is 9.27. The topological polar surface area (TPSA) is 78.1 Å². The maximum Gasteiger partial charge on any atom is 0.121 e. The van der Waals surface area contributed by atoms with Gasteiger partial charge in [-0.25, -0.2) is 0 Å². The summed E-state index contributed by atoms with van der Waals surface area (Å²) in [7, 11) is 7.95. The molecule has 0 aliphatic rings. The maximum absolute atomic E-state index is 9.46. The zero-order valence-corrected chi connectivity index (χ0v) is 17.0. The van der Waals surface area contributed by atoms with E-state index in [9.17, 15) is 10.5 Å². The quantitative estimate of drug-likeness (QED) is 0.655. The molecule has 2 aromatic rings. The third kappa shape index (κ3) is 5.72. The first-order chi connectivity index (χ1) is 13.5. The number of rotatable bonds is 9. The van der Waals surface area contributed by atoms with Gasteiger partial charge in [-0.15, -0.1) is 0 Å². The SMILES string of the molecule is CN(C)c1ccc([C@H](C#N)NCCN[C@@H](C#N)c2ccc(N(C)C)cc2)cc1. The van der Waals surface area contributed by atoms with E-state index in [1.54, 1.807) is 0 Å². The van der Waals surface area contributed by atoms with Gasteiger partial charge in [-0.1, -0.05) is 24.3 Å². The van der Waals surface area contributed by atoms with Crippen molar-refractivity contribution in [3.63, 3.8) is 0 Å². The molecule has 2 atom stereocenters. The average Bonchev–Trinajstić information content (AvgIpc) is 2.71. The van der Waals surface area contributed by atoms with Crippen molar-refractivity contribution in [2.45, 2.75) is 12.1 Å². The Labute approximate surface area is 168 Å². The standard InChI is InChI=1S/C22H28N6/c1-27(2)19-9-5-17(6-10-19)21(15-23)25-13-14-26-22(16-24)18-7-11-20(12-8-18)28(3)4/h5-12,21-22,25-26H,13-14H2,1-4H3/t21-,22-/m0/s1. The summed E-state index contributed by atoms with van der Waals surface area (Å²) in [5.74, 6) is 0. The van der Waals surface area contributed by atoms with Gasteiger partial charge in [0.25, 0.3) is 0 Å². The zero-order valence-electron chi connectivity index (χ0n) is 17.0. The van der Waals surface area contributed by atoms with Crippen LogP contribution in [0.15, 0.2) is 48.5 Å². The summed E-state index contributed by atoms with van der Waals surface area (Å²) >= 11 is 0. The van der Waals surface area contributed by atoms with Crippen molar-refractivity contribution in [1.82, 2.24) is 10.6 Å². The molecular formula is C22H28N6. The van der Waals surface area contributed by atoms with Crippen molar-refractivity contribution in [1.29, 1.82) is 10.5 Å². The Balaban J connectivity index is 1.87. The first kappa shape index (κ1) is 21.2. The highest BCUT2D eigenvalue weighted by Gasteiger charge is 2.12. The van der Waals surface area contributed by atoms with Crippen molar-refractivity contribution in [2.75, 3.05) is 51.1 Å². The average molecular weight is 377 g/mol. The molecule has 0 saturated heterocycles. The third-order valence-electron chi connectivity index (χ3n) is 4.57. The summed E-state index contributed by atoms with van der Waals surface area (Å²) in [5.41, 5.74) is 4.06.